The molecule has 2 aromatic rings. The van der Waals surface area contributed by atoms with E-state index in [0.29, 0.717) is 46.0 Å². The number of allylic oxidation sites excluding steroid dienone is 1. The third-order valence-electron chi connectivity index (χ3n) is 6.18. The summed E-state index contributed by atoms with van der Waals surface area (Å²) in [6.45, 7) is 5.98. The van der Waals surface area contributed by atoms with Crippen LogP contribution in [0, 0.1) is 5.92 Å². The van der Waals surface area contributed by atoms with Crippen molar-refractivity contribution in [3.05, 3.63) is 47.9 Å². The number of hydrogen-bond acceptors (Lipinski definition) is 8. The van der Waals surface area contributed by atoms with Crippen molar-refractivity contribution in [1.82, 2.24) is 9.88 Å². The number of carbonyl (C=O) groups excluding carboxylic acids is 2. The highest BCUT2D eigenvalue weighted by Gasteiger charge is 2.39. The van der Waals surface area contributed by atoms with Gasteiger partial charge in [-0.2, -0.15) is 0 Å². The average molecular weight is 519 g/mol. The van der Waals surface area contributed by atoms with E-state index in [1.54, 1.807) is 11.7 Å². The van der Waals surface area contributed by atoms with Crippen molar-refractivity contribution in [2.75, 3.05) is 59.9 Å². The third kappa shape index (κ3) is 7.62. The quantitative estimate of drug-likeness (QED) is 0.345. The molecule has 1 aromatic heterocycles. The van der Waals surface area contributed by atoms with Crippen molar-refractivity contribution in [1.29, 1.82) is 0 Å². The van der Waals surface area contributed by atoms with E-state index in [0.717, 1.165) is 16.5 Å². The van der Waals surface area contributed by atoms with Gasteiger partial charge in [0.1, 0.15) is 0 Å². The van der Waals surface area contributed by atoms with Crippen molar-refractivity contribution < 1.29 is 38.4 Å². The van der Waals surface area contributed by atoms with Gasteiger partial charge in [0.15, 0.2) is 5.76 Å². The predicted octanol–water partition coefficient (Wildman–Crippen LogP) is 2.46. The Hall–Kier alpha value is -2.76. The number of aliphatic hydroxyl groups excluding tert-OH is 1. The largest absolute Gasteiger partial charge is 0.459 e. The van der Waals surface area contributed by atoms with Gasteiger partial charge >= 0.3 is 0 Å². The number of carbonyl (C=O) groups is 2. The van der Waals surface area contributed by atoms with E-state index in [1.807, 2.05) is 43.5 Å². The molecule has 37 heavy (non-hydrogen) atoms. The van der Waals surface area contributed by atoms with Crippen molar-refractivity contribution in [2.24, 2.45) is 5.92 Å². The number of hydrogen-bond donors (Lipinski definition) is 2. The zero-order chi connectivity index (χ0) is 26.6. The van der Waals surface area contributed by atoms with Crippen LogP contribution in [-0.2, 0) is 28.5 Å². The van der Waals surface area contributed by atoms with Gasteiger partial charge in [-0.15, -0.1) is 0 Å². The van der Waals surface area contributed by atoms with Crippen LogP contribution in [0.4, 0.5) is 0 Å². The van der Waals surface area contributed by atoms with Gasteiger partial charge < -0.3 is 34.1 Å². The molecule has 204 valence electrons. The summed E-state index contributed by atoms with van der Waals surface area (Å²) in [4.78, 5) is 25.4. The molecule has 10 heteroatoms. The molecule has 10 nitrogen and oxygen atoms in total. The highest BCUT2D eigenvalue weighted by molar-refractivity contribution is 5.95. The molecule has 0 fully saturated rings. The van der Waals surface area contributed by atoms with Crippen LogP contribution < -0.4 is 5.32 Å². The van der Waals surface area contributed by atoms with Crippen LogP contribution in [-0.4, -0.2) is 87.7 Å². The van der Waals surface area contributed by atoms with Crippen LogP contribution in [0.5, 0.6) is 0 Å². The normalized spacial score (nSPS) is 19.5. The van der Waals surface area contributed by atoms with Crippen LogP contribution in [0.15, 0.2) is 42.3 Å². The summed E-state index contributed by atoms with van der Waals surface area (Å²) in [5, 5.41) is 12.6. The molecule has 0 saturated heterocycles. The van der Waals surface area contributed by atoms with Crippen molar-refractivity contribution in [2.45, 2.75) is 32.5 Å². The molecule has 0 radical (unpaired) electrons. The lowest BCUT2D eigenvalue weighted by molar-refractivity contribution is -0.168. The summed E-state index contributed by atoms with van der Waals surface area (Å²) in [6.07, 6.45) is 3.57. The van der Waals surface area contributed by atoms with E-state index in [4.69, 9.17) is 28.8 Å². The zero-order valence-electron chi connectivity index (χ0n) is 21.8. The van der Waals surface area contributed by atoms with E-state index in [2.05, 4.69) is 5.32 Å². The number of nitrogens with one attached hydrogen (secondary N) is 1. The summed E-state index contributed by atoms with van der Waals surface area (Å²) in [5.74, 6) is -0.722. The Kier molecular flexibility index (Phi) is 11.6. The summed E-state index contributed by atoms with van der Waals surface area (Å²) < 4.78 is 29.7. The lowest BCUT2D eigenvalue weighted by Crippen LogP contribution is -2.40. The fourth-order valence-electron chi connectivity index (χ4n) is 4.49. The Balaban J connectivity index is 1.93. The second-order valence-electron chi connectivity index (χ2n) is 8.64. The molecule has 0 bridgehead atoms. The van der Waals surface area contributed by atoms with Crippen LogP contribution in [0.3, 0.4) is 0 Å². The molecule has 0 saturated carbocycles. The molecular weight excluding hydrogens is 480 g/mol. The van der Waals surface area contributed by atoms with E-state index in [9.17, 15) is 9.59 Å². The number of amides is 1. The monoisotopic (exact) mass is 518 g/mol. The molecule has 3 unspecified atom stereocenters. The van der Waals surface area contributed by atoms with E-state index in [1.165, 1.54) is 6.92 Å². The van der Waals surface area contributed by atoms with Gasteiger partial charge in [0.05, 0.1) is 38.6 Å². The number of methoxy groups -OCH3 is 1. The highest BCUT2D eigenvalue weighted by Crippen LogP contribution is 2.42. The number of ether oxygens (including phenoxy) is 5. The number of aliphatic hydroxyl groups is 1. The fourth-order valence-corrected chi connectivity index (χ4v) is 4.49. The molecule has 1 aliphatic heterocycles. The average Bonchev–Trinajstić information content (AvgIpc) is 3.29. The fraction of sp³-hybridized carbons (Fsp3) is 0.556. The first kappa shape index (κ1) is 28.8. The van der Waals surface area contributed by atoms with Crippen molar-refractivity contribution in [3.63, 3.8) is 0 Å². The molecule has 3 atom stereocenters. The minimum absolute atomic E-state index is 0.0291. The molecular formula is C27H38N2O8. The molecule has 2 N–H and O–H groups in total. The summed E-state index contributed by atoms with van der Waals surface area (Å²) in [5.41, 5.74) is 1.72. The summed E-state index contributed by atoms with van der Waals surface area (Å²) in [7, 11) is 1.57. The first-order valence-electron chi connectivity index (χ1n) is 12.7. The predicted molar refractivity (Wildman–Crippen MR) is 137 cm³/mol. The van der Waals surface area contributed by atoms with E-state index >= 15 is 0 Å². The molecule has 1 aliphatic rings. The Labute approximate surface area is 217 Å². The minimum atomic E-state index is -0.683. The second-order valence-corrected chi connectivity index (χ2v) is 8.64. The van der Waals surface area contributed by atoms with Gasteiger partial charge in [0.25, 0.3) is 5.91 Å². The maximum absolute atomic E-state index is 12.9. The molecule has 2 heterocycles. The van der Waals surface area contributed by atoms with Gasteiger partial charge in [-0.3, -0.25) is 14.2 Å². The minimum Gasteiger partial charge on any atom is -0.459 e. The molecule has 3 rings (SSSR count). The van der Waals surface area contributed by atoms with Crippen LogP contribution in [0.2, 0.25) is 0 Å². The van der Waals surface area contributed by atoms with Crippen molar-refractivity contribution >= 4 is 22.7 Å². The first-order valence-corrected chi connectivity index (χ1v) is 12.7. The Bertz CT molecular complexity index is 1050. The van der Waals surface area contributed by atoms with Gasteiger partial charge in [-0.1, -0.05) is 18.2 Å². The summed E-state index contributed by atoms with van der Waals surface area (Å²) in [6, 6.07) is 7.72. The lowest BCUT2D eigenvalue weighted by Gasteiger charge is -2.36. The van der Waals surface area contributed by atoms with E-state index in [-0.39, 0.29) is 42.6 Å². The molecule has 1 amide bonds. The second kappa shape index (κ2) is 14.8. The number of para-hydroxylation sites is 1. The number of aromatic nitrogens is 1. The number of nitrogens with zero attached hydrogens (tertiary/aromatic N) is 1. The standard InChI is InChI=1S/C27H38N2O8/c1-4-36-27-21(9-12-34-15-16-35-14-11-30)22(17-25(37-27)26(32)28-10-13-33-3)23-18-29(19(2)31)24-8-6-5-7-20(23)24/h5-8,17-18,21-22,27,30H,4,9-16H2,1-3H3,(H,28,32). The number of fused-ring (bicyclic) bond motifs is 1. The first-order chi connectivity index (χ1) is 18.0. The molecule has 0 spiro atoms. The topological polar surface area (TPSA) is 117 Å². The van der Waals surface area contributed by atoms with Gasteiger partial charge in [0, 0.05) is 57.2 Å². The lowest BCUT2D eigenvalue weighted by atomic mass is 9.81. The number of rotatable bonds is 15. The van der Waals surface area contributed by atoms with Gasteiger partial charge in [0.2, 0.25) is 12.2 Å². The van der Waals surface area contributed by atoms with Crippen molar-refractivity contribution in [3.8, 4) is 0 Å². The van der Waals surface area contributed by atoms with E-state index < -0.39 is 6.29 Å². The smallest absolute Gasteiger partial charge is 0.286 e. The Morgan fingerprint density at radius 2 is 1.86 bits per heavy atom. The number of benzene rings is 1. The van der Waals surface area contributed by atoms with Gasteiger partial charge in [-0.05, 0) is 31.1 Å². The maximum Gasteiger partial charge on any atom is 0.286 e. The maximum atomic E-state index is 12.9. The molecule has 0 aliphatic carbocycles. The Morgan fingerprint density at radius 1 is 1.11 bits per heavy atom. The van der Waals surface area contributed by atoms with Crippen LogP contribution >= 0.6 is 0 Å². The third-order valence-corrected chi connectivity index (χ3v) is 6.18. The SMILES string of the molecule is CCOC1OC(C(=O)NCCOC)=CC(c2cn(C(C)=O)c3ccccc23)C1CCOCCOCCO. The van der Waals surface area contributed by atoms with Crippen LogP contribution in [0.25, 0.3) is 10.9 Å². The summed E-state index contributed by atoms with van der Waals surface area (Å²) >= 11 is 0. The van der Waals surface area contributed by atoms with Gasteiger partial charge in [-0.25, -0.2) is 0 Å². The highest BCUT2D eigenvalue weighted by atomic mass is 16.7. The molecule has 1 aromatic carbocycles. The zero-order valence-corrected chi connectivity index (χ0v) is 21.8. The Morgan fingerprint density at radius 3 is 2.57 bits per heavy atom. The van der Waals surface area contributed by atoms with Crippen LogP contribution in [0.1, 0.15) is 36.5 Å².